The molecule has 2 rings (SSSR count). The third-order valence-corrected chi connectivity index (χ3v) is 4.61. The van der Waals surface area contributed by atoms with Crippen LogP contribution in [0, 0.1) is 5.92 Å². The van der Waals surface area contributed by atoms with Gasteiger partial charge in [0.05, 0.1) is 12.2 Å². The molecular formula is C20H25F3O3. The van der Waals surface area contributed by atoms with E-state index in [1.54, 1.807) is 13.0 Å². The Hall–Kier alpha value is -1.98. The first kappa shape index (κ1) is 20.3. The number of carbonyl (C=O) groups is 1. The lowest BCUT2D eigenvalue weighted by atomic mass is 9.81. The van der Waals surface area contributed by atoms with E-state index < -0.39 is 23.8 Å². The Balaban J connectivity index is 2.37. The molecule has 1 aromatic rings. The topological polar surface area (TPSA) is 35.5 Å². The molecule has 0 amide bonds. The van der Waals surface area contributed by atoms with E-state index in [1.807, 2.05) is 0 Å². The number of para-hydroxylation sites is 1. The number of fused-ring (bicyclic) bond motifs is 1. The number of hydrogen-bond donors (Lipinski definition) is 0. The average Bonchev–Trinajstić information content (AvgIpc) is 2.59. The van der Waals surface area contributed by atoms with E-state index in [4.69, 9.17) is 9.47 Å². The summed E-state index contributed by atoms with van der Waals surface area (Å²) in [5.74, 6) is -1.36. The van der Waals surface area contributed by atoms with E-state index in [-0.39, 0.29) is 18.3 Å². The van der Waals surface area contributed by atoms with Gasteiger partial charge in [-0.15, -0.1) is 0 Å². The highest BCUT2D eigenvalue weighted by Crippen LogP contribution is 2.47. The smallest absolute Gasteiger partial charge is 0.419 e. The molecule has 0 saturated carbocycles. The van der Waals surface area contributed by atoms with Gasteiger partial charge in [-0.25, -0.2) is 4.79 Å². The van der Waals surface area contributed by atoms with Crippen LogP contribution in [0.1, 0.15) is 57.1 Å². The maximum atomic E-state index is 13.3. The fourth-order valence-corrected chi connectivity index (χ4v) is 3.29. The molecule has 0 aliphatic carbocycles. The number of unbranched alkanes of at least 4 members (excludes halogenated alkanes) is 3. The van der Waals surface area contributed by atoms with Gasteiger partial charge in [0.2, 0.25) is 6.10 Å². The first-order valence-electron chi connectivity index (χ1n) is 9.03. The van der Waals surface area contributed by atoms with E-state index in [0.29, 0.717) is 17.6 Å². The summed E-state index contributed by atoms with van der Waals surface area (Å²) in [6, 6.07) is 3.86. The van der Waals surface area contributed by atoms with Crippen LogP contribution in [-0.2, 0) is 15.7 Å². The first-order valence-corrected chi connectivity index (χ1v) is 9.03. The fourth-order valence-electron chi connectivity index (χ4n) is 3.29. The summed E-state index contributed by atoms with van der Waals surface area (Å²) in [7, 11) is 0. The lowest BCUT2D eigenvalue weighted by Crippen LogP contribution is -2.40. The molecule has 0 saturated heterocycles. The van der Waals surface area contributed by atoms with Crippen molar-refractivity contribution in [1.29, 1.82) is 0 Å². The predicted molar refractivity (Wildman–Crippen MR) is 93.8 cm³/mol. The molecular weight excluding hydrogens is 345 g/mol. The molecule has 144 valence electrons. The monoisotopic (exact) mass is 370 g/mol. The Morgan fingerprint density at radius 2 is 1.96 bits per heavy atom. The van der Waals surface area contributed by atoms with Crippen LogP contribution < -0.4 is 4.74 Å². The van der Waals surface area contributed by atoms with Crippen LogP contribution in [0.5, 0.6) is 5.75 Å². The van der Waals surface area contributed by atoms with Crippen molar-refractivity contribution in [2.75, 3.05) is 6.61 Å². The largest absolute Gasteiger partial charge is 0.477 e. The van der Waals surface area contributed by atoms with Crippen LogP contribution in [0.3, 0.4) is 0 Å². The molecule has 0 fully saturated rings. The summed E-state index contributed by atoms with van der Waals surface area (Å²) in [5.41, 5.74) is -0.0670. The van der Waals surface area contributed by atoms with Gasteiger partial charge >= 0.3 is 12.1 Å². The Labute approximate surface area is 152 Å². The van der Waals surface area contributed by atoms with Crippen molar-refractivity contribution < 1.29 is 27.4 Å². The number of alkyl halides is 3. The minimum atomic E-state index is -4.57. The van der Waals surface area contributed by atoms with Gasteiger partial charge in [-0.05, 0) is 25.0 Å². The standard InChI is InChI=1S/C20H25F3O3/c1-4-6-7-8-10-15-13(3)14-11-9-12-16(20(21,22)23)17(14)26-18(15)19(24)25-5-2/h9,11-12,15,18H,3-8,10H2,1-2H3/t15-,18-/m0/s1. The van der Waals surface area contributed by atoms with Gasteiger partial charge in [-0.3, -0.25) is 0 Å². The number of rotatable bonds is 7. The highest BCUT2D eigenvalue weighted by Gasteiger charge is 2.43. The lowest BCUT2D eigenvalue weighted by molar-refractivity contribution is -0.155. The lowest BCUT2D eigenvalue weighted by Gasteiger charge is -2.35. The predicted octanol–water partition coefficient (Wildman–Crippen LogP) is 5.63. The Morgan fingerprint density at radius 1 is 1.23 bits per heavy atom. The molecule has 1 heterocycles. The molecule has 0 aromatic heterocycles. The zero-order chi connectivity index (χ0) is 19.3. The van der Waals surface area contributed by atoms with Crippen LogP contribution >= 0.6 is 0 Å². The molecule has 0 N–H and O–H groups in total. The molecule has 0 unspecified atom stereocenters. The van der Waals surface area contributed by atoms with E-state index in [1.165, 1.54) is 6.07 Å². The van der Waals surface area contributed by atoms with Crippen molar-refractivity contribution in [2.45, 2.75) is 58.2 Å². The minimum Gasteiger partial charge on any atom is -0.477 e. The van der Waals surface area contributed by atoms with Crippen LogP contribution in [0.2, 0.25) is 0 Å². The van der Waals surface area contributed by atoms with E-state index >= 15 is 0 Å². The number of carbonyl (C=O) groups excluding carboxylic acids is 1. The molecule has 0 spiro atoms. The fraction of sp³-hybridized carbons (Fsp3) is 0.550. The minimum absolute atomic E-state index is 0.140. The van der Waals surface area contributed by atoms with Crippen LogP contribution in [-0.4, -0.2) is 18.7 Å². The molecule has 3 nitrogen and oxygen atoms in total. The normalized spacial score (nSPS) is 19.7. The van der Waals surface area contributed by atoms with E-state index in [9.17, 15) is 18.0 Å². The summed E-state index contributed by atoms with van der Waals surface area (Å²) in [6.07, 6.45) is -1.06. The number of hydrogen-bond acceptors (Lipinski definition) is 3. The molecule has 2 atom stereocenters. The Bertz CT molecular complexity index is 652. The van der Waals surface area contributed by atoms with Gasteiger partial charge in [0.25, 0.3) is 0 Å². The maximum Gasteiger partial charge on any atom is 0.419 e. The zero-order valence-corrected chi connectivity index (χ0v) is 15.2. The molecule has 0 radical (unpaired) electrons. The number of benzene rings is 1. The van der Waals surface area contributed by atoms with E-state index in [2.05, 4.69) is 13.5 Å². The second kappa shape index (κ2) is 8.60. The second-order valence-corrected chi connectivity index (χ2v) is 6.45. The molecule has 26 heavy (non-hydrogen) atoms. The van der Waals surface area contributed by atoms with E-state index in [0.717, 1.165) is 31.7 Å². The van der Waals surface area contributed by atoms with Crippen molar-refractivity contribution in [2.24, 2.45) is 5.92 Å². The average molecular weight is 370 g/mol. The summed E-state index contributed by atoms with van der Waals surface area (Å²) >= 11 is 0. The van der Waals surface area contributed by atoms with Gasteiger partial charge in [0.15, 0.2) is 0 Å². The molecule has 1 aromatic carbocycles. The SMILES string of the molecule is C=C1c2cccc(C(F)(F)F)c2O[C@H](C(=O)OCC)[C@H]1CCCCCC. The van der Waals surface area contributed by atoms with Crippen molar-refractivity contribution in [1.82, 2.24) is 0 Å². The molecule has 6 heteroatoms. The van der Waals surface area contributed by atoms with Gasteiger partial charge < -0.3 is 9.47 Å². The Morgan fingerprint density at radius 3 is 2.58 bits per heavy atom. The number of esters is 1. The summed E-state index contributed by atoms with van der Waals surface area (Å²) in [6.45, 7) is 7.89. The maximum absolute atomic E-state index is 13.3. The van der Waals surface area contributed by atoms with Crippen LogP contribution in [0.25, 0.3) is 5.57 Å². The van der Waals surface area contributed by atoms with Crippen molar-refractivity contribution in [3.05, 3.63) is 35.9 Å². The summed E-state index contributed by atoms with van der Waals surface area (Å²) in [4.78, 5) is 12.3. The van der Waals surface area contributed by atoms with Gasteiger partial charge in [-0.2, -0.15) is 13.2 Å². The van der Waals surface area contributed by atoms with Crippen molar-refractivity contribution >= 4 is 11.5 Å². The van der Waals surface area contributed by atoms with Gasteiger partial charge in [-0.1, -0.05) is 51.3 Å². The molecule has 0 bridgehead atoms. The second-order valence-electron chi connectivity index (χ2n) is 6.45. The van der Waals surface area contributed by atoms with Crippen LogP contribution in [0.15, 0.2) is 24.8 Å². The highest BCUT2D eigenvalue weighted by molar-refractivity contribution is 5.84. The van der Waals surface area contributed by atoms with Crippen molar-refractivity contribution in [3.8, 4) is 5.75 Å². The highest BCUT2D eigenvalue weighted by atomic mass is 19.4. The first-order chi connectivity index (χ1) is 12.3. The molecule has 1 aliphatic heterocycles. The number of ether oxygens (including phenoxy) is 2. The third kappa shape index (κ3) is 4.40. The van der Waals surface area contributed by atoms with Gasteiger partial charge in [0.1, 0.15) is 5.75 Å². The summed E-state index contributed by atoms with van der Waals surface area (Å²) in [5, 5.41) is 0. The number of halogens is 3. The molecule has 1 aliphatic rings. The van der Waals surface area contributed by atoms with Crippen molar-refractivity contribution in [3.63, 3.8) is 0 Å². The third-order valence-electron chi connectivity index (χ3n) is 4.61. The summed E-state index contributed by atoms with van der Waals surface area (Å²) < 4.78 is 50.6. The Kier molecular flexibility index (Phi) is 6.73. The zero-order valence-electron chi connectivity index (χ0n) is 15.2. The van der Waals surface area contributed by atoms with Crippen LogP contribution in [0.4, 0.5) is 13.2 Å². The quantitative estimate of drug-likeness (QED) is 0.461. The van der Waals surface area contributed by atoms with Gasteiger partial charge in [0, 0.05) is 11.5 Å².